The highest BCUT2D eigenvalue weighted by Gasteiger charge is 2.22. The Morgan fingerprint density at radius 3 is 2.43 bits per heavy atom. The Kier molecular flexibility index (Phi) is 8.76. The second-order valence-electron chi connectivity index (χ2n) is 6.96. The molecule has 0 atom stereocenters. The van der Waals surface area contributed by atoms with Crippen molar-refractivity contribution in [3.05, 3.63) is 70.8 Å². The number of aryl methyl sites for hydroxylation is 1. The highest BCUT2D eigenvalue weighted by molar-refractivity contribution is 14.0. The van der Waals surface area contributed by atoms with Crippen LogP contribution in [0.2, 0.25) is 0 Å². The van der Waals surface area contributed by atoms with E-state index in [-0.39, 0.29) is 29.9 Å². The molecular weight excluding hydrogens is 463 g/mol. The van der Waals surface area contributed by atoms with E-state index in [0.717, 1.165) is 38.6 Å². The van der Waals surface area contributed by atoms with Crippen LogP contribution in [0.25, 0.3) is 0 Å². The van der Waals surface area contributed by atoms with Gasteiger partial charge in [0.15, 0.2) is 5.96 Å². The topological polar surface area (TPSA) is 56.7 Å². The molecule has 0 bridgehead atoms. The molecule has 3 rings (SSSR count). The van der Waals surface area contributed by atoms with E-state index in [9.17, 15) is 4.79 Å². The molecule has 0 saturated carbocycles. The van der Waals surface area contributed by atoms with Crippen LogP contribution in [0.1, 0.15) is 35.1 Å². The third kappa shape index (κ3) is 6.22. The molecule has 2 aromatic rings. The summed E-state index contributed by atoms with van der Waals surface area (Å²) in [4.78, 5) is 18.6. The first-order chi connectivity index (χ1) is 13.2. The van der Waals surface area contributed by atoms with Crippen LogP contribution in [0.15, 0.2) is 53.5 Å². The summed E-state index contributed by atoms with van der Waals surface area (Å²) in [5, 5.41) is 6.60. The summed E-state index contributed by atoms with van der Waals surface area (Å²) in [7, 11) is 1.76. The number of nitrogens with zero attached hydrogens (tertiary/aromatic N) is 2. The van der Waals surface area contributed by atoms with E-state index in [0.29, 0.717) is 6.42 Å². The molecule has 0 radical (unpaired) electrons. The average Bonchev–Trinajstić information content (AvgIpc) is 3.11. The maximum absolute atomic E-state index is 12.4. The van der Waals surface area contributed by atoms with Crippen molar-refractivity contribution >= 4 is 35.8 Å². The monoisotopic (exact) mass is 492 g/mol. The second kappa shape index (κ2) is 11.0. The lowest BCUT2D eigenvalue weighted by atomic mass is 10.1. The van der Waals surface area contributed by atoms with Crippen LogP contribution in [0.4, 0.5) is 0 Å². The number of benzene rings is 2. The summed E-state index contributed by atoms with van der Waals surface area (Å²) in [5.74, 6) is 0.980. The number of hydrogen-bond acceptors (Lipinski definition) is 2. The molecule has 1 amide bonds. The van der Waals surface area contributed by atoms with E-state index in [1.54, 1.807) is 7.05 Å². The molecule has 0 unspecified atom stereocenters. The molecule has 5 nitrogen and oxygen atoms in total. The molecular formula is C22H29IN4O. The van der Waals surface area contributed by atoms with Gasteiger partial charge < -0.3 is 15.5 Å². The smallest absolute Gasteiger partial charge is 0.223 e. The maximum atomic E-state index is 12.4. The van der Waals surface area contributed by atoms with E-state index >= 15 is 0 Å². The van der Waals surface area contributed by atoms with E-state index < -0.39 is 0 Å². The van der Waals surface area contributed by atoms with Crippen molar-refractivity contribution in [2.75, 3.05) is 13.6 Å². The summed E-state index contributed by atoms with van der Waals surface area (Å²) < 4.78 is 0. The Bertz CT molecular complexity index is 797. The standard InChI is InChI=1S/C22H28N4O.HI/c1-17-7-5-8-18(13-17)14-25-22(23-2)24-12-6-11-21(27)26-15-19-9-3-4-10-20(19)16-26;/h3-5,7-10,13H,6,11-12,14-16H2,1-2H3,(H2,23,24,25);1H. The van der Waals surface area contributed by atoms with Crippen LogP contribution in [0, 0.1) is 6.92 Å². The van der Waals surface area contributed by atoms with E-state index in [4.69, 9.17) is 0 Å². The molecule has 1 heterocycles. The molecule has 0 aromatic heterocycles. The minimum atomic E-state index is 0. The zero-order valence-electron chi connectivity index (χ0n) is 16.6. The molecule has 0 fully saturated rings. The Labute approximate surface area is 184 Å². The Hall–Kier alpha value is -2.09. The van der Waals surface area contributed by atoms with Crippen LogP contribution >= 0.6 is 24.0 Å². The van der Waals surface area contributed by atoms with Crippen molar-refractivity contribution < 1.29 is 4.79 Å². The van der Waals surface area contributed by atoms with Gasteiger partial charge >= 0.3 is 0 Å². The number of nitrogens with one attached hydrogen (secondary N) is 2. The lowest BCUT2D eigenvalue weighted by Gasteiger charge is -2.16. The molecule has 1 aliphatic rings. The van der Waals surface area contributed by atoms with Gasteiger partial charge in [-0.3, -0.25) is 9.79 Å². The minimum absolute atomic E-state index is 0. The van der Waals surface area contributed by atoms with Crippen molar-refractivity contribution in [2.45, 2.75) is 39.4 Å². The zero-order valence-corrected chi connectivity index (χ0v) is 18.9. The zero-order chi connectivity index (χ0) is 19.1. The van der Waals surface area contributed by atoms with Gasteiger partial charge in [0.05, 0.1) is 0 Å². The van der Waals surface area contributed by atoms with Gasteiger partial charge in [-0.15, -0.1) is 24.0 Å². The van der Waals surface area contributed by atoms with Crippen LogP contribution < -0.4 is 10.6 Å². The quantitative estimate of drug-likeness (QED) is 0.281. The Morgan fingerprint density at radius 1 is 1.07 bits per heavy atom. The summed E-state index contributed by atoms with van der Waals surface area (Å²) in [5.41, 5.74) is 5.01. The van der Waals surface area contributed by atoms with Gasteiger partial charge in [0.1, 0.15) is 0 Å². The lowest BCUT2D eigenvalue weighted by Crippen LogP contribution is -2.37. The van der Waals surface area contributed by atoms with Crippen molar-refractivity contribution in [3.8, 4) is 0 Å². The molecule has 2 aromatic carbocycles. The fourth-order valence-electron chi connectivity index (χ4n) is 3.34. The van der Waals surface area contributed by atoms with Gasteiger partial charge in [0.2, 0.25) is 5.91 Å². The van der Waals surface area contributed by atoms with Crippen molar-refractivity contribution in [3.63, 3.8) is 0 Å². The molecule has 0 spiro atoms. The number of carbonyl (C=O) groups is 1. The van der Waals surface area contributed by atoms with Crippen LogP contribution in [0.5, 0.6) is 0 Å². The third-order valence-corrected chi connectivity index (χ3v) is 4.82. The number of aliphatic imine (C=N–C) groups is 1. The largest absolute Gasteiger partial charge is 0.356 e. The SMILES string of the molecule is CN=C(NCCCC(=O)N1Cc2ccccc2C1)NCc1cccc(C)c1.I. The molecule has 0 saturated heterocycles. The first kappa shape index (κ1) is 22.2. The third-order valence-electron chi connectivity index (χ3n) is 4.82. The molecule has 2 N–H and O–H groups in total. The van der Waals surface area contributed by atoms with Gasteiger partial charge in [-0.2, -0.15) is 0 Å². The van der Waals surface area contributed by atoms with Gasteiger partial charge in [-0.05, 0) is 30.0 Å². The maximum Gasteiger partial charge on any atom is 0.223 e. The number of fused-ring (bicyclic) bond motifs is 1. The first-order valence-electron chi connectivity index (χ1n) is 9.50. The van der Waals surface area contributed by atoms with E-state index in [1.165, 1.54) is 22.3 Å². The summed E-state index contributed by atoms with van der Waals surface area (Å²) in [6.07, 6.45) is 1.34. The van der Waals surface area contributed by atoms with Crippen LogP contribution in [0.3, 0.4) is 0 Å². The molecule has 28 heavy (non-hydrogen) atoms. The van der Waals surface area contributed by atoms with Gasteiger partial charge in [-0.1, -0.05) is 54.1 Å². The number of amides is 1. The van der Waals surface area contributed by atoms with Gasteiger partial charge in [-0.25, -0.2) is 0 Å². The molecule has 150 valence electrons. The van der Waals surface area contributed by atoms with Crippen LogP contribution in [-0.2, 0) is 24.4 Å². The first-order valence-corrected chi connectivity index (χ1v) is 9.50. The Balaban J connectivity index is 0.00000280. The summed E-state index contributed by atoms with van der Waals surface area (Å²) in [6, 6.07) is 16.7. The van der Waals surface area contributed by atoms with Crippen molar-refractivity contribution in [1.82, 2.24) is 15.5 Å². The summed E-state index contributed by atoms with van der Waals surface area (Å²) >= 11 is 0. The lowest BCUT2D eigenvalue weighted by molar-refractivity contribution is -0.131. The predicted molar refractivity (Wildman–Crippen MR) is 125 cm³/mol. The number of halogens is 1. The van der Waals surface area contributed by atoms with Gasteiger partial charge in [0.25, 0.3) is 0 Å². The fourth-order valence-corrected chi connectivity index (χ4v) is 3.34. The Morgan fingerprint density at radius 2 is 1.79 bits per heavy atom. The van der Waals surface area contributed by atoms with Crippen molar-refractivity contribution in [2.24, 2.45) is 4.99 Å². The minimum Gasteiger partial charge on any atom is -0.356 e. The normalized spacial score (nSPS) is 12.9. The fraction of sp³-hybridized carbons (Fsp3) is 0.364. The van der Waals surface area contributed by atoms with Crippen LogP contribution in [-0.4, -0.2) is 30.4 Å². The molecule has 1 aliphatic heterocycles. The van der Waals surface area contributed by atoms with E-state index in [1.807, 2.05) is 17.0 Å². The number of hydrogen-bond donors (Lipinski definition) is 2. The highest BCUT2D eigenvalue weighted by atomic mass is 127. The van der Waals surface area contributed by atoms with Crippen molar-refractivity contribution in [1.29, 1.82) is 0 Å². The number of rotatable bonds is 6. The average molecular weight is 492 g/mol. The van der Waals surface area contributed by atoms with Gasteiger partial charge in [0, 0.05) is 39.6 Å². The highest BCUT2D eigenvalue weighted by Crippen LogP contribution is 2.22. The predicted octanol–water partition coefficient (Wildman–Crippen LogP) is 3.60. The number of carbonyl (C=O) groups excluding carboxylic acids is 1. The molecule has 6 heteroatoms. The second-order valence-corrected chi connectivity index (χ2v) is 6.96. The number of guanidine groups is 1. The summed E-state index contributed by atoms with van der Waals surface area (Å²) in [6.45, 7) is 5.02. The van der Waals surface area contributed by atoms with E-state index in [2.05, 4.69) is 58.9 Å². The molecule has 0 aliphatic carbocycles.